The molecule has 0 saturated heterocycles. The van der Waals surface area contributed by atoms with Crippen LogP contribution in [0, 0.1) is 0 Å². The van der Waals surface area contributed by atoms with Crippen molar-refractivity contribution in [3.05, 3.63) is 178 Å². The van der Waals surface area contributed by atoms with Crippen molar-refractivity contribution in [2.24, 2.45) is 11.5 Å². The van der Waals surface area contributed by atoms with Crippen LogP contribution in [-0.4, -0.2) is 87.6 Å². The number of thiazole rings is 2. The molecule has 0 aliphatic carbocycles. The first-order valence-corrected chi connectivity index (χ1v) is 27.0. The van der Waals surface area contributed by atoms with Gasteiger partial charge in [-0.1, -0.05) is 113 Å². The highest BCUT2D eigenvalue weighted by Gasteiger charge is 2.13. The monoisotopic (exact) mass is 1240 g/mol. The molecule has 0 radical (unpaired) electrons. The number of nitrogen functional groups attached to an aromatic ring is 1. The molecule has 0 atom stereocenters. The predicted molar refractivity (Wildman–Crippen MR) is 327 cm³/mol. The molecule has 7 aromatic rings. The number of thiocarbonyl (C=S) groups is 1. The lowest BCUT2D eigenvalue weighted by Crippen LogP contribution is -2.28. The number of benzene rings is 5. The molecule has 5 aromatic carbocycles. The second kappa shape index (κ2) is 40.5. The van der Waals surface area contributed by atoms with E-state index in [-0.39, 0.29) is 19.3 Å². The van der Waals surface area contributed by atoms with Crippen LogP contribution in [0.1, 0.15) is 49.0 Å². The predicted octanol–water partition coefficient (Wildman–Crippen LogP) is 10.3. The van der Waals surface area contributed by atoms with Crippen LogP contribution in [0.15, 0.2) is 146 Å². The fraction of sp³-hybridized carbons (Fsp3) is 0.236. The number of aromatic nitrogens is 2. The van der Waals surface area contributed by atoms with Crippen LogP contribution in [0.2, 0.25) is 0 Å². The molecule has 19 nitrogen and oxygen atoms in total. The van der Waals surface area contributed by atoms with Crippen LogP contribution in [0.4, 0.5) is 21.6 Å². The van der Waals surface area contributed by atoms with E-state index in [0.29, 0.717) is 62.7 Å². The number of hydrogen-bond acceptors (Lipinski definition) is 19. The van der Waals surface area contributed by atoms with Gasteiger partial charge in [0.2, 0.25) is 0 Å². The zero-order chi connectivity index (χ0) is 56.8. The number of ether oxygens (including phenoxy) is 7. The molecule has 0 spiro atoms. The number of halogens is 1. The number of methoxy groups -OCH3 is 7. The van der Waals surface area contributed by atoms with Gasteiger partial charge in [0.1, 0.15) is 32.8 Å². The second-order valence-electron chi connectivity index (χ2n) is 14.7. The van der Waals surface area contributed by atoms with E-state index in [0.717, 1.165) is 45.3 Å². The number of rotatable bonds is 18. The molecule has 0 bridgehead atoms. The van der Waals surface area contributed by atoms with E-state index in [1.807, 2.05) is 114 Å². The van der Waals surface area contributed by atoms with Crippen LogP contribution in [0.3, 0.4) is 0 Å². The lowest BCUT2D eigenvalue weighted by atomic mass is 10.2. The standard InChI is InChI=1S/C18H18N4O2S.C13H14N2O3S.C9H12N2OS.C8H11NO.C5H8O3.CH3I.CH4/c1-24-13-8-6-12(7-9-13)10-20-18-21-11-16(25-18)17(23)22-15-5-3-2-4-14(15)19;1-17-10-5-3-9(4-6-10)7-14-13-15-8-11(19-13)12(16)18-2;1-12-8-4-2-7(3-5-8)6-11-9(10)13;1-10-8-4-2-7(6-9)3-5-8;1-7-4-3-5(6)8-2;1-2;/h2-9,11H,10,19H2,1H3,(H,20,21)(H,22,23);3-6,8H,7H2,1-2H3,(H,14,15);2-5H,6H2,1H3,(H3,10,11,13);2-5H,6,9H2,1H3;3-4H,1-2H3;1H3;1H4/b;;;;4-3+;;. The Bertz CT molecular complexity index is 2780. The van der Waals surface area contributed by atoms with Crippen LogP contribution in [0.25, 0.3) is 0 Å². The molecule has 7 rings (SSSR count). The van der Waals surface area contributed by atoms with Crippen molar-refractivity contribution in [1.29, 1.82) is 0 Å². The minimum absolute atomic E-state index is 0. The SMILES string of the molecule is C.CI.CO/C=C/C(=O)OC.COC(=O)c1cnc(NCc2ccc(OC)cc2)s1.COc1ccc(CN)cc1.COc1ccc(CNC(N)=S)cc1.COc1ccc(CNc2ncc(C(=O)Nc3ccccc3N)s2)cc1. The number of nitrogens with zero attached hydrogens (tertiary/aromatic N) is 2. The Morgan fingerprint density at radius 3 is 1.40 bits per heavy atom. The number of nitrogens with two attached hydrogens (primary N) is 3. The Kier molecular flexibility index (Phi) is 35.5. The van der Waals surface area contributed by atoms with Gasteiger partial charge in [-0.25, -0.2) is 19.6 Å². The van der Waals surface area contributed by atoms with Crippen molar-refractivity contribution in [2.75, 3.05) is 76.4 Å². The first-order chi connectivity index (χ1) is 37.3. The molecule has 1 amide bonds. The highest BCUT2D eigenvalue weighted by atomic mass is 127. The number of amides is 1. The highest BCUT2D eigenvalue weighted by Crippen LogP contribution is 2.24. The van der Waals surface area contributed by atoms with Gasteiger partial charge in [-0.15, -0.1) is 0 Å². The Balaban J connectivity index is 0.000000510. The summed E-state index contributed by atoms with van der Waals surface area (Å²) in [5.41, 5.74) is 22.1. The minimum Gasteiger partial charge on any atom is -0.504 e. The lowest BCUT2D eigenvalue weighted by molar-refractivity contribution is -0.134. The van der Waals surface area contributed by atoms with E-state index < -0.39 is 5.97 Å². The Hall–Kier alpha value is -7.71. The van der Waals surface area contributed by atoms with E-state index in [1.165, 1.54) is 62.5 Å². The molecular formula is C55H70IN9O10S3. The Morgan fingerprint density at radius 2 is 1.01 bits per heavy atom. The summed E-state index contributed by atoms with van der Waals surface area (Å²) < 4.78 is 33.5. The summed E-state index contributed by atoms with van der Waals surface area (Å²) in [5.74, 6) is 2.36. The first kappa shape index (κ1) is 68.3. The minimum atomic E-state index is -0.410. The van der Waals surface area contributed by atoms with E-state index in [4.69, 9.17) is 36.1 Å². The summed E-state index contributed by atoms with van der Waals surface area (Å²) in [6.07, 6.45) is 5.51. The summed E-state index contributed by atoms with van der Waals surface area (Å²) in [6, 6.07) is 38.1. The van der Waals surface area contributed by atoms with Crippen molar-refractivity contribution in [3.63, 3.8) is 0 Å². The number of hydrogen-bond donors (Lipinski definition) is 7. The molecule has 23 heteroatoms. The van der Waals surface area contributed by atoms with Crippen molar-refractivity contribution in [3.8, 4) is 23.0 Å². The van der Waals surface area contributed by atoms with Gasteiger partial charge in [0.25, 0.3) is 5.91 Å². The van der Waals surface area contributed by atoms with Crippen LogP contribution < -0.4 is 57.4 Å². The summed E-state index contributed by atoms with van der Waals surface area (Å²) >= 11 is 9.40. The van der Waals surface area contributed by atoms with E-state index in [9.17, 15) is 14.4 Å². The van der Waals surface area contributed by atoms with Gasteiger partial charge in [0.15, 0.2) is 15.4 Å². The third-order valence-electron chi connectivity index (χ3n) is 9.60. The summed E-state index contributed by atoms with van der Waals surface area (Å²) in [4.78, 5) is 45.1. The number of alkyl halides is 1. The van der Waals surface area contributed by atoms with Crippen LogP contribution in [0.5, 0.6) is 23.0 Å². The van der Waals surface area contributed by atoms with E-state index in [1.54, 1.807) is 46.8 Å². The quantitative estimate of drug-likeness (QED) is 0.00801. The molecule has 2 heterocycles. The van der Waals surface area contributed by atoms with Gasteiger partial charge in [-0.2, -0.15) is 0 Å². The molecule has 420 valence electrons. The molecule has 0 aliphatic heterocycles. The smallest absolute Gasteiger partial charge is 0.349 e. The van der Waals surface area contributed by atoms with Crippen LogP contribution >= 0.6 is 57.5 Å². The maximum absolute atomic E-state index is 12.3. The Morgan fingerprint density at radius 1 is 0.603 bits per heavy atom. The largest absolute Gasteiger partial charge is 0.504 e. The van der Waals surface area contributed by atoms with Crippen molar-refractivity contribution in [1.82, 2.24) is 15.3 Å². The van der Waals surface area contributed by atoms with Gasteiger partial charge in [0, 0.05) is 26.2 Å². The number of nitrogens with one attached hydrogen (secondary N) is 4. The summed E-state index contributed by atoms with van der Waals surface area (Å²) in [6.45, 7) is 2.49. The maximum atomic E-state index is 12.3. The molecule has 0 fully saturated rings. The number of esters is 2. The van der Waals surface area contributed by atoms with Gasteiger partial charge in [-0.05, 0) is 100 Å². The zero-order valence-electron chi connectivity index (χ0n) is 44.0. The maximum Gasteiger partial charge on any atom is 0.349 e. The molecule has 0 aliphatic rings. The average Bonchev–Trinajstić information content (AvgIpc) is 4.18. The molecule has 10 N–H and O–H groups in total. The molecule has 0 saturated carbocycles. The summed E-state index contributed by atoms with van der Waals surface area (Å²) in [7, 11) is 10.7. The lowest BCUT2D eigenvalue weighted by Gasteiger charge is -2.06. The van der Waals surface area contributed by atoms with E-state index >= 15 is 0 Å². The number of anilines is 4. The van der Waals surface area contributed by atoms with Gasteiger partial charge >= 0.3 is 11.9 Å². The van der Waals surface area contributed by atoms with Crippen LogP contribution in [-0.2, 0) is 45.2 Å². The van der Waals surface area contributed by atoms with Gasteiger partial charge in [0.05, 0.1) is 85.9 Å². The van der Waals surface area contributed by atoms with Crippen molar-refractivity contribution < 1.29 is 47.5 Å². The fourth-order valence-corrected chi connectivity index (χ4v) is 7.04. The average molecular weight is 1240 g/mol. The molecule has 2 aromatic heterocycles. The molecule has 0 unspecified atom stereocenters. The molecule has 78 heavy (non-hydrogen) atoms. The third-order valence-corrected chi connectivity index (χ3v) is 11.6. The van der Waals surface area contributed by atoms with Crippen molar-refractivity contribution in [2.45, 2.75) is 33.6 Å². The topological polar surface area (TPSA) is 268 Å². The highest BCUT2D eigenvalue weighted by molar-refractivity contribution is 14.1. The number of para-hydroxylation sites is 2. The Labute approximate surface area is 484 Å². The number of carbonyl (C=O) groups is 3. The second-order valence-corrected chi connectivity index (χ2v) is 17.2. The third kappa shape index (κ3) is 27.4. The zero-order valence-corrected chi connectivity index (χ0v) is 48.6. The normalized spacial score (nSPS) is 9.51. The first-order valence-electron chi connectivity index (χ1n) is 22.8. The molecular weight excluding hydrogens is 1170 g/mol. The van der Waals surface area contributed by atoms with Crippen molar-refractivity contribution >= 4 is 102 Å². The summed E-state index contributed by atoms with van der Waals surface area (Å²) in [5, 5.41) is 13.7. The van der Waals surface area contributed by atoms with E-state index in [2.05, 4.69) is 80.3 Å². The van der Waals surface area contributed by atoms with Gasteiger partial charge < -0.3 is 71.6 Å². The fourth-order valence-electron chi connectivity index (χ4n) is 5.53. The number of carbonyl (C=O) groups excluding carboxylic acids is 3. The van der Waals surface area contributed by atoms with Gasteiger partial charge in [-0.3, -0.25) is 4.79 Å².